The first-order chi connectivity index (χ1) is 11.5. The van der Waals surface area contributed by atoms with Crippen molar-refractivity contribution >= 4 is 5.78 Å². The SMILES string of the molecule is C[C@]12CCC(=O)C[C@@H]1CC[C@@H]1[C@@H]2CC[C@@]2(C)[C@H]1C[C@H]1CCCO[C@@H]12. The van der Waals surface area contributed by atoms with E-state index in [1.54, 1.807) is 0 Å². The van der Waals surface area contributed by atoms with Gasteiger partial charge in [0.1, 0.15) is 5.78 Å². The lowest BCUT2D eigenvalue weighted by Gasteiger charge is -2.60. The van der Waals surface area contributed by atoms with E-state index >= 15 is 0 Å². The van der Waals surface area contributed by atoms with Gasteiger partial charge in [0.2, 0.25) is 0 Å². The number of hydrogen-bond acceptors (Lipinski definition) is 2. The van der Waals surface area contributed by atoms with Crippen LogP contribution in [0, 0.1) is 40.4 Å². The molecule has 0 bridgehead atoms. The second-order valence-electron chi connectivity index (χ2n) is 10.4. The van der Waals surface area contributed by atoms with Crippen LogP contribution in [0.3, 0.4) is 0 Å². The first-order valence-electron chi connectivity index (χ1n) is 10.7. The number of ketones is 1. The first-order valence-corrected chi connectivity index (χ1v) is 10.7. The van der Waals surface area contributed by atoms with Crippen LogP contribution in [0.15, 0.2) is 0 Å². The molecule has 0 aromatic heterocycles. The number of Topliss-reactive ketones (excluding diaryl/α,β-unsaturated/α-hetero) is 1. The number of ether oxygens (including phenoxy) is 1. The molecular formula is C22H34O2. The van der Waals surface area contributed by atoms with E-state index in [4.69, 9.17) is 4.74 Å². The molecule has 1 heterocycles. The molecule has 5 fully saturated rings. The van der Waals surface area contributed by atoms with Crippen LogP contribution in [-0.4, -0.2) is 18.5 Å². The molecule has 0 aromatic rings. The Balaban J connectivity index is 1.45. The van der Waals surface area contributed by atoms with Gasteiger partial charge in [-0.05, 0) is 91.8 Å². The van der Waals surface area contributed by atoms with Gasteiger partial charge in [-0.15, -0.1) is 0 Å². The molecule has 1 saturated heterocycles. The highest BCUT2D eigenvalue weighted by Gasteiger charge is 2.62. The van der Waals surface area contributed by atoms with Gasteiger partial charge in [0.15, 0.2) is 0 Å². The Bertz CT molecular complexity index is 542. The number of rotatable bonds is 0. The minimum absolute atomic E-state index is 0.444. The summed E-state index contributed by atoms with van der Waals surface area (Å²) in [5, 5.41) is 0. The van der Waals surface area contributed by atoms with Gasteiger partial charge in [-0.1, -0.05) is 13.8 Å². The molecule has 4 aliphatic carbocycles. The molecule has 5 rings (SSSR count). The molecule has 8 atom stereocenters. The molecule has 0 amide bonds. The van der Waals surface area contributed by atoms with E-state index in [-0.39, 0.29) is 0 Å². The summed E-state index contributed by atoms with van der Waals surface area (Å²) in [6.07, 6.45) is 13.0. The fourth-order valence-electron chi connectivity index (χ4n) is 8.33. The molecule has 2 nitrogen and oxygen atoms in total. The van der Waals surface area contributed by atoms with Gasteiger partial charge in [0, 0.05) is 19.4 Å². The quantitative estimate of drug-likeness (QED) is 0.624. The van der Waals surface area contributed by atoms with Gasteiger partial charge in [-0.25, -0.2) is 0 Å². The highest BCUT2D eigenvalue weighted by molar-refractivity contribution is 5.79. The standard InChI is InChI=1S/C22H34O2/c1-21-9-7-16(23)13-15(21)5-6-17-18(21)8-10-22(2)19(17)12-14-4-3-11-24-20(14)22/h14-15,17-20H,3-13H2,1-2H3/t14-,15+,17-,18+,19+,20+,21+,22+/m1/s1. The van der Waals surface area contributed by atoms with Crippen molar-refractivity contribution in [2.45, 2.75) is 84.2 Å². The van der Waals surface area contributed by atoms with Crippen LogP contribution in [-0.2, 0) is 9.53 Å². The average molecular weight is 331 g/mol. The van der Waals surface area contributed by atoms with Crippen molar-refractivity contribution in [2.24, 2.45) is 40.4 Å². The van der Waals surface area contributed by atoms with Crippen molar-refractivity contribution < 1.29 is 9.53 Å². The molecule has 0 spiro atoms. The number of fused-ring (bicyclic) bond motifs is 7. The third-order valence-corrected chi connectivity index (χ3v) is 9.57. The maximum absolute atomic E-state index is 12.0. The van der Waals surface area contributed by atoms with E-state index in [0.29, 0.717) is 28.6 Å². The maximum atomic E-state index is 12.0. The summed E-state index contributed by atoms with van der Waals surface area (Å²) in [5.74, 6) is 4.74. The smallest absolute Gasteiger partial charge is 0.133 e. The Morgan fingerprint density at radius 1 is 1.00 bits per heavy atom. The van der Waals surface area contributed by atoms with Crippen LogP contribution in [0.4, 0.5) is 0 Å². The zero-order valence-corrected chi connectivity index (χ0v) is 15.6. The molecular weight excluding hydrogens is 296 g/mol. The molecule has 134 valence electrons. The minimum Gasteiger partial charge on any atom is -0.377 e. The fraction of sp³-hybridized carbons (Fsp3) is 0.955. The Morgan fingerprint density at radius 2 is 1.88 bits per heavy atom. The average Bonchev–Trinajstić information content (AvgIpc) is 2.89. The summed E-state index contributed by atoms with van der Waals surface area (Å²) in [7, 11) is 0. The Kier molecular flexibility index (Phi) is 3.51. The van der Waals surface area contributed by atoms with E-state index in [2.05, 4.69) is 13.8 Å². The predicted octanol–water partition coefficient (Wildman–Crippen LogP) is 5.00. The third-order valence-electron chi connectivity index (χ3n) is 9.57. The summed E-state index contributed by atoms with van der Waals surface area (Å²) >= 11 is 0. The van der Waals surface area contributed by atoms with Crippen molar-refractivity contribution in [1.29, 1.82) is 0 Å². The lowest BCUT2D eigenvalue weighted by molar-refractivity contribution is -0.148. The summed E-state index contributed by atoms with van der Waals surface area (Å²) < 4.78 is 6.36. The summed E-state index contributed by atoms with van der Waals surface area (Å²) in [5.41, 5.74) is 0.896. The number of carbonyl (C=O) groups is 1. The van der Waals surface area contributed by atoms with Crippen LogP contribution in [0.5, 0.6) is 0 Å². The molecule has 4 saturated carbocycles. The first kappa shape index (κ1) is 15.9. The second-order valence-corrected chi connectivity index (χ2v) is 10.4. The molecule has 0 aromatic carbocycles. The van der Waals surface area contributed by atoms with Gasteiger partial charge < -0.3 is 4.74 Å². The topological polar surface area (TPSA) is 26.3 Å². The monoisotopic (exact) mass is 330 g/mol. The van der Waals surface area contributed by atoms with E-state index in [1.807, 2.05) is 0 Å². The van der Waals surface area contributed by atoms with E-state index in [0.717, 1.165) is 43.1 Å². The summed E-state index contributed by atoms with van der Waals surface area (Å²) in [6, 6.07) is 0. The Morgan fingerprint density at radius 3 is 2.75 bits per heavy atom. The van der Waals surface area contributed by atoms with Crippen LogP contribution in [0.25, 0.3) is 0 Å². The third kappa shape index (κ3) is 2.01. The Hall–Kier alpha value is -0.370. The molecule has 5 aliphatic rings. The van der Waals surface area contributed by atoms with Crippen molar-refractivity contribution in [3.8, 4) is 0 Å². The lowest BCUT2D eigenvalue weighted by Crippen LogP contribution is -2.54. The van der Waals surface area contributed by atoms with Gasteiger partial charge >= 0.3 is 0 Å². The highest BCUT2D eigenvalue weighted by Crippen LogP contribution is 2.67. The highest BCUT2D eigenvalue weighted by atomic mass is 16.5. The van der Waals surface area contributed by atoms with Gasteiger partial charge in [-0.2, -0.15) is 0 Å². The predicted molar refractivity (Wildman–Crippen MR) is 94.6 cm³/mol. The zero-order chi connectivity index (χ0) is 16.5. The van der Waals surface area contributed by atoms with Crippen molar-refractivity contribution in [3.05, 3.63) is 0 Å². The molecule has 0 radical (unpaired) electrons. The molecule has 1 aliphatic heterocycles. The van der Waals surface area contributed by atoms with Crippen LogP contribution in [0.2, 0.25) is 0 Å². The van der Waals surface area contributed by atoms with Gasteiger partial charge in [0.25, 0.3) is 0 Å². The maximum Gasteiger partial charge on any atom is 0.133 e. The molecule has 24 heavy (non-hydrogen) atoms. The van der Waals surface area contributed by atoms with Crippen molar-refractivity contribution in [2.75, 3.05) is 6.61 Å². The van der Waals surface area contributed by atoms with Gasteiger partial charge in [0.05, 0.1) is 6.10 Å². The van der Waals surface area contributed by atoms with Crippen LogP contribution in [0.1, 0.15) is 78.1 Å². The van der Waals surface area contributed by atoms with Gasteiger partial charge in [-0.3, -0.25) is 4.79 Å². The largest absolute Gasteiger partial charge is 0.377 e. The minimum atomic E-state index is 0.444. The fourth-order valence-corrected chi connectivity index (χ4v) is 8.33. The van der Waals surface area contributed by atoms with Crippen molar-refractivity contribution in [1.82, 2.24) is 0 Å². The normalized spacial score (nSPS) is 56.8. The molecule has 2 heteroatoms. The van der Waals surface area contributed by atoms with Crippen LogP contribution >= 0.6 is 0 Å². The van der Waals surface area contributed by atoms with E-state index in [1.165, 1.54) is 51.4 Å². The second kappa shape index (κ2) is 5.32. The van der Waals surface area contributed by atoms with E-state index in [9.17, 15) is 4.79 Å². The number of hydrogen-bond donors (Lipinski definition) is 0. The van der Waals surface area contributed by atoms with E-state index < -0.39 is 0 Å². The number of carbonyl (C=O) groups excluding carboxylic acids is 1. The Labute approximate surface area is 147 Å². The van der Waals surface area contributed by atoms with Crippen molar-refractivity contribution in [3.63, 3.8) is 0 Å². The summed E-state index contributed by atoms with van der Waals surface area (Å²) in [4.78, 5) is 12.0. The summed E-state index contributed by atoms with van der Waals surface area (Å²) in [6.45, 7) is 6.13. The lowest BCUT2D eigenvalue weighted by atomic mass is 9.45. The molecule has 0 unspecified atom stereocenters. The van der Waals surface area contributed by atoms with Crippen LogP contribution < -0.4 is 0 Å². The zero-order valence-electron chi connectivity index (χ0n) is 15.6. The molecule has 0 N–H and O–H groups in total.